The van der Waals surface area contributed by atoms with Crippen LogP contribution in [-0.2, 0) is 0 Å². The molecule has 0 bridgehead atoms. The number of nitrogens with two attached hydrogens (primary N) is 1. The maximum absolute atomic E-state index is 12.6. The molecule has 1 rings (SSSR count). The first-order chi connectivity index (χ1) is 4.34. The van der Waals surface area contributed by atoms with E-state index in [1.54, 1.807) is 0 Å². The molecule has 1 heterocycles. The lowest BCUT2D eigenvalue weighted by atomic mass is 10.0. The van der Waals surface area contributed by atoms with Crippen LogP contribution in [0.15, 0.2) is 0 Å². The van der Waals surface area contributed by atoms with Crippen LogP contribution < -0.4 is 11.1 Å². The monoisotopic (exact) mass is 132 g/mol. The summed E-state index contributed by atoms with van der Waals surface area (Å²) in [5.74, 6) is 0.176. The summed E-state index contributed by atoms with van der Waals surface area (Å²) in [5, 5.41) is 2.73. The van der Waals surface area contributed by atoms with E-state index in [2.05, 4.69) is 5.32 Å². The molecular weight excluding hydrogens is 119 g/mol. The van der Waals surface area contributed by atoms with Gasteiger partial charge in [0, 0.05) is 5.92 Å². The van der Waals surface area contributed by atoms with Gasteiger partial charge in [-0.3, -0.25) is 5.32 Å². The number of hydrogen-bond donors (Lipinski definition) is 2. The van der Waals surface area contributed by atoms with Gasteiger partial charge in [-0.2, -0.15) is 0 Å². The zero-order valence-electron chi connectivity index (χ0n) is 5.44. The Morgan fingerprint density at radius 3 is 2.89 bits per heavy atom. The van der Waals surface area contributed by atoms with E-state index in [0.717, 1.165) is 19.4 Å². The molecule has 1 fully saturated rings. The maximum atomic E-state index is 12.6. The lowest BCUT2D eigenvalue weighted by molar-refractivity contribution is 0.231. The number of alkyl halides is 1. The molecule has 0 saturated carbocycles. The van der Waals surface area contributed by atoms with Crippen molar-refractivity contribution in [1.29, 1.82) is 0 Å². The van der Waals surface area contributed by atoms with Gasteiger partial charge in [0.1, 0.15) is 0 Å². The fourth-order valence-electron chi connectivity index (χ4n) is 1.22. The third kappa shape index (κ3) is 1.63. The molecule has 1 saturated heterocycles. The van der Waals surface area contributed by atoms with E-state index in [-0.39, 0.29) is 5.92 Å². The normalized spacial score (nSPS) is 35.3. The summed E-state index contributed by atoms with van der Waals surface area (Å²) in [6, 6.07) is 0. The van der Waals surface area contributed by atoms with E-state index in [0.29, 0.717) is 6.54 Å². The molecule has 3 heteroatoms. The first-order valence-electron chi connectivity index (χ1n) is 3.42. The quantitative estimate of drug-likeness (QED) is 0.528. The van der Waals surface area contributed by atoms with Crippen molar-refractivity contribution in [2.24, 2.45) is 11.7 Å². The average molecular weight is 132 g/mol. The van der Waals surface area contributed by atoms with Crippen LogP contribution in [0.4, 0.5) is 4.39 Å². The molecule has 0 aliphatic carbocycles. The lowest BCUT2D eigenvalue weighted by Gasteiger charge is -2.08. The highest BCUT2D eigenvalue weighted by atomic mass is 19.1. The summed E-state index contributed by atoms with van der Waals surface area (Å²) < 4.78 is 12.6. The molecule has 0 aromatic rings. The molecule has 2 atom stereocenters. The molecule has 3 N–H and O–H groups in total. The van der Waals surface area contributed by atoms with Crippen LogP contribution in [0.25, 0.3) is 0 Å². The minimum Gasteiger partial charge on any atom is -0.330 e. The van der Waals surface area contributed by atoms with E-state index in [9.17, 15) is 4.39 Å². The maximum Gasteiger partial charge on any atom is 0.154 e. The van der Waals surface area contributed by atoms with Gasteiger partial charge in [0.05, 0.1) is 0 Å². The first-order valence-corrected chi connectivity index (χ1v) is 3.42. The van der Waals surface area contributed by atoms with E-state index >= 15 is 0 Å². The zero-order valence-corrected chi connectivity index (χ0v) is 5.44. The van der Waals surface area contributed by atoms with Crippen molar-refractivity contribution in [3.8, 4) is 0 Å². The van der Waals surface area contributed by atoms with Crippen LogP contribution in [0.1, 0.15) is 12.8 Å². The average Bonchev–Trinajstić information content (AvgIpc) is 2.18. The SMILES string of the molecule is NCCC1CCNC1F. The Morgan fingerprint density at radius 1 is 1.67 bits per heavy atom. The van der Waals surface area contributed by atoms with E-state index in [4.69, 9.17) is 5.73 Å². The molecule has 1 aliphatic heterocycles. The molecule has 54 valence electrons. The summed E-state index contributed by atoms with van der Waals surface area (Å²) >= 11 is 0. The van der Waals surface area contributed by atoms with Crippen LogP contribution in [-0.4, -0.2) is 19.4 Å². The molecule has 0 radical (unpaired) electrons. The van der Waals surface area contributed by atoms with Crippen molar-refractivity contribution >= 4 is 0 Å². The number of hydrogen-bond acceptors (Lipinski definition) is 2. The summed E-state index contributed by atoms with van der Waals surface area (Å²) in [5.41, 5.74) is 5.28. The standard InChI is InChI=1S/C6H13FN2/c7-6-5(1-3-8)2-4-9-6/h5-6,9H,1-4,8H2. The van der Waals surface area contributed by atoms with Crippen LogP contribution in [0.2, 0.25) is 0 Å². The van der Waals surface area contributed by atoms with Crippen LogP contribution in [0, 0.1) is 5.92 Å². The van der Waals surface area contributed by atoms with Gasteiger partial charge in [0.15, 0.2) is 6.30 Å². The van der Waals surface area contributed by atoms with E-state index < -0.39 is 6.30 Å². The third-order valence-corrected chi connectivity index (χ3v) is 1.81. The van der Waals surface area contributed by atoms with Crippen LogP contribution in [0.3, 0.4) is 0 Å². The van der Waals surface area contributed by atoms with Gasteiger partial charge in [-0.05, 0) is 25.9 Å². The molecule has 2 nitrogen and oxygen atoms in total. The molecule has 0 spiro atoms. The zero-order chi connectivity index (χ0) is 6.69. The smallest absolute Gasteiger partial charge is 0.154 e. The van der Waals surface area contributed by atoms with Crippen molar-refractivity contribution in [2.75, 3.05) is 13.1 Å². The molecule has 0 amide bonds. The topological polar surface area (TPSA) is 38.0 Å². The van der Waals surface area contributed by atoms with Crippen molar-refractivity contribution in [3.63, 3.8) is 0 Å². The Labute approximate surface area is 54.6 Å². The molecule has 2 unspecified atom stereocenters. The Bertz CT molecular complexity index is 87.1. The van der Waals surface area contributed by atoms with Gasteiger partial charge in [-0.25, -0.2) is 4.39 Å². The second-order valence-electron chi connectivity index (χ2n) is 2.48. The molecule has 1 aliphatic rings. The summed E-state index contributed by atoms with van der Waals surface area (Å²) in [6.07, 6.45) is 0.959. The van der Waals surface area contributed by atoms with Crippen LogP contribution in [0.5, 0.6) is 0 Å². The van der Waals surface area contributed by atoms with Crippen molar-refractivity contribution in [1.82, 2.24) is 5.32 Å². The Kier molecular flexibility index (Phi) is 2.42. The largest absolute Gasteiger partial charge is 0.330 e. The summed E-state index contributed by atoms with van der Waals surface area (Å²) in [4.78, 5) is 0. The lowest BCUT2D eigenvalue weighted by Crippen LogP contribution is -2.22. The summed E-state index contributed by atoms with van der Waals surface area (Å²) in [7, 11) is 0. The van der Waals surface area contributed by atoms with Crippen molar-refractivity contribution in [2.45, 2.75) is 19.1 Å². The van der Waals surface area contributed by atoms with Gasteiger partial charge >= 0.3 is 0 Å². The minimum absolute atomic E-state index is 0.176. The minimum atomic E-state index is -0.798. The molecule has 0 aromatic heterocycles. The number of rotatable bonds is 2. The molecule has 9 heavy (non-hydrogen) atoms. The fourth-order valence-corrected chi connectivity index (χ4v) is 1.22. The van der Waals surface area contributed by atoms with E-state index in [1.807, 2.05) is 0 Å². The van der Waals surface area contributed by atoms with Gasteiger partial charge in [-0.1, -0.05) is 0 Å². The highest BCUT2D eigenvalue weighted by molar-refractivity contribution is 4.75. The second kappa shape index (κ2) is 3.13. The third-order valence-electron chi connectivity index (χ3n) is 1.81. The molecule has 0 aromatic carbocycles. The number of halogens is 1. The Balaban J connectivity index is 2.22. The van der Waals surface area contributed by atoms with Crippen molar-refractivity contribution < 1.29 is 4.39 Å². The molecular formula is C6H13FN2. The first kappa shape index (κ1) is 6.96. The van der Waals surface area contributed by atoms with Gasteiger partial charge < -0.3 is 5.73 Å². The highest BCUT2D eigenvalue weighted by Crippen LogP contribution is 2.18. The van der Waals surface area contributed by atoms with Crippen LogP contribution >= 0.6 is 0 Å². The Morgan fingerprint density at radius 2 is 2.44 bits per heavy atom. The second-order valence-corrected chi connectivity index (χ2v) is 2.48. The highest BCUT2D eigenvalue weighted by Gasteiger charge is 2.24. The fraction of sp³-hybridized carbons (Fsp3) is 1.00. The predicted molar refractivity (Wildman–Crippen MR) is 34.7 cm³/mol. The van der Waals surface area contributed by atoms with Gasteiger partial charge in [0.25, 0.3) is 0 Å². The predicted octanol–water partition coefficient (Wildman–Crippen LogP) is 0.240. The van der Waals surface area contributed by atoms with E-state index in [1.165, 1.54) is 0 Å². The van der Waals surface area contributed by atoms with Crippen molar-refractivity contribution in [3.05, 3.63) is 0 Å². The van der Waals surface area contributed by atoms with Gasteiger partial charge in [0.2, 0.25) is 0 Å². The summed E-state index contributed by atoms with van der Waals surface area (Å²) in [6.45, 7) is 1.42. The number of nitrogens with one attached hydrogen (secondary N) is 1. The van der Waals surface area contributed by atoms with Gasteiger partial charge in [-0.15, -0.1) is 0 Å². The Hall–Kier alpha value is -0.150.